The van der Waals surface area contributed by atoms with Gasteiger partial charge in [-0.2, -0.15) is 0 Å². The summed E-state index contributed by atoms with van der Waals surface area (Å²) in [5.41, 5.74) is 1.81. The molecule has 13 nitrogen and oxygen atoms in total. The molecule has 1 aliphatic heterocycles. The number of para-hydroxylation sites is 1. The zero-order valence-electron chi connectivity index (χ0n) is 27.2. The Kier molecular flexibility index (Phi) is 8.78. The van der Waals surface area contributed by atoms with E-state index in [2.05, 4.69) is 25.6 Å². The highest BCUT2D eigenvalue weighted by Crippen LogP contribution is 2.33. The van der Waals surface area contributed by atoms with Gasteiger partial charge in [0.15, 0.2) is 5.78 Å². The number of benzene rings is 2. The fourth-order valence-electron chi connectivity index (χ4n) is 5.30. The number of carbonyl (C=O) groups is 4. The number of hydrogen-bond donors (Lipinski definition) is 4. The number of Topliss-reactive ketones (excluding diaryl/α,β-unsaturated/α-hetero) is 1. The van der Waals surface area contributed by atoms with E-state index in [4.69, 9.17) is 14.5 Å². The summed E-state index contributed by atoms with van der Waals surface area (Å²) < 4.78 is 10.9. The third-order valence-electron chi connectivity index (χ3n) is 7.35. The Morgan fingerprint density at radius 1 is 0.978 bits per heavy atom. The van der Waals surface area contributed by atoms with Crippen molar-refractivity contribution in [1.82, 2.24) is 35.5 Å². The van der Waals surface area contributed by atoms with E-state index in [9.17, 15) is 19.2 Å². The molecule has 0 radical (unpaired) electrons. The summed E-state index contributed by atoms with van der Waals surface area (Å²) in [6.45, 7) is 12.9. The monoisotopic (exact) mass is 631 g/mol. The van der Waals surface area contributed by atoms with Crippen LogP contribution in [0.5, 0.6) is 0 Å². The number of imidazole rings is 2. The van der Waals surface area contributed by atoms with E-state index >= 15 is 0 Å². The summed E-state index contributed by atoms with van der Waals surface area (Å²) in [5, 5.41) is 5.44. The minimum atomic E-state index is -0.645. The van der Waals surface area contributed by atoms with Crippen molar-refractivity contribution in [2.24, 2.45) is 0 Å². The molecule has 0 aliphatic carbocycles. The first kappa shape index (κ1) is 32.5. The van der Waals surface area contributed by atoms with Crippen LogP contribution < -0.4 is 10.6 Å². The highest BCUT2D eigenvalue weighted by atomic mass is 16.6. The van der Waals surface area contributed by atoms with Gasteiger partial charge in [0.1, 0.15) is 22.9 Å². The number of aromatic amines is 2. The van der Waals surface area contributed by atoms with Gasteiger partial charge in [0.05, 0.1) is 46.3 Å². The lowest BCUT2D eigenvalue weighted by atomic mass is 10.1. The molecule has 2 aromatic heterocycles. The van der Waals surface area contributed by atoms with Crippen molar-refractivity contribution in [2.75, 3.05) is 13.1 Å². The molecule has 0 spiro atoms. The molecule has 0 saturated carbocycles. The van der Waals surface area contributed by atoms with Crippen molar-refractivity contribution in [3.05, 3.63) is 59.2 Å². The van der Waals surface area contributed by atoms with Gasteiger partial charge in [-0.05, 0) is 91.6 Å². The number of nitrogens with one attached hydrogen (secondary N) is 4. The topological polar surface area (TPSA) is 171 Å². The molecule has 2 atom stereocenters. The predicted octanol–water partition coefficient (Wildman–Crippen LogP) is 5.71. The van der Waals surface area contributed by atoms with Crippen LogP contribution in [0.1, 0.15) is 106 Å². The van der Waals surface area contributed by atoms with E-state index in [1.54, 1.807) is 69.0 Å². The molecule has 1 aliphatic rings. The van der Waals surface area contributed by atoms with E-state index in [-0.39, 0.29) is 24.5 Å². The van der Waals surface area contributed by atoms with Crippen molar-refractivity contribution in [2.45, 2.75) is 84.6 Å². The summed E-state index contributed by atoms with van der Waals surface area (Å²) >= 11 is 0. The minimum absolute atomic E-state index is 0.231. The third kappa shape index (κ3) is 7.47. The Hall–Kier alpha value is -4.94. The lowest BCUT2D eigenvalue weighted by Crippen LogP contribution is -2.36. The average molecular weight is 632 g/mol. The van der Waals surface area contributed by atoms with E-state index in [0.717, 1.165) is 18.4 Å². The highest BCUT2D eigenvalue weighted by molar-refractivity contribution is 6.08. The molecule has 1 fully saturated rings. The van der Waals surface area contributed by atoms with Gasteiger partial charge in [0.25, 0.3) is 5.91 Å². The summed E-state index contributed by atoms with van der Waals surface area (Å²) in [7, 11) is 0. The number of rotatable bonds is 7. The van der Waals surface area contributed by atoms with Crippen molar-refractivity contribution >= 4 is 45.9 Å². The van der Waals surface area contributed by atoms with Gasteiger partial charge in [0, 0.05) is 12.1 Å². The van der Waals surface area contributed by atoms with E-state index < -0.39 is 29.2 Å². The second kappa shape index (κ2) is 12.5. The Morgan fingerprint density at radius 3 is 2.43 bits per heavy atom. The second-order valence-electron chi connectivity index (χ2n) is 13.5. The molecular weight excluding hydrogens is 590 g/mol. The first-order chi connectivity index (χ1) is 21.6. The Labute approximate surface area is 266 Å². The number of H-pyrrole nitrogens is 2. The number of ketones is 1. The maximum absolute atomic E-state index is 13.2. The normalized spacial score (nSPS) is 16.0. The minimum Gasteiger partial charge on any atom is -0.444 e. The van der Waals surface area contributed by atoms with Crippen LogP contribution in [-0.4, -0.2) is 73.0 Å². The number of aromatic nitrogens is 4. The zero-order valence-corrected chi connectivity index (χ0v) is 27.2. The van der Waals surface area contributed by atoms with Crippen LogP contribution in [0.25, 0.3) is 22.1 Å². The van der Waals surface area contributed by atoms with Gasteiger partial charge < -0.3 is 30.1 Å². The number of nitrogens with zero attached hydrogens (tertiary/aromatic N) is 3. The summed E-state index contributed by atoms with van der Waals surface area (Å²) in [6, 6.07) is 9.46. The Balaban J connectivity index is 1.25. The van der Waals surface area contributed by atoms with Gasteiger partial charge in [-0.1, -0.05) is 6.07 Å². The number of carbonyl (C=O) groups excluding carboxylic acids is 4. The number of fused-ring (bicyclic) bond motifs is 2. The molecule has 4 aromatic rings. The third-order valence-corrected chi connectivity index (χ3v) is 7.35. The molecule has 0 unspecified atom stereocenters. The van der Waals surface area contributed by atoms with Crippen LogP contribution >= 0.6 is 0 Å². The zero-order chi connectivity index (χ0) is 33.4. The van der Waals surface area contributed by atoms with Gasteiger partial charge in [-0.15, -0.1) is 0 Å². The lowest BCUT2D eigenvalue weighted by molar-refractivity contribution is 0.0218. The SMILES string of the molecule is C[C@H](NC(=O)OC(C)(C)C)c1nc2cccc(C(=O)NCC(=O)c3ccc4[nH]c([C@@H]5CCCN5C(=O)OC(C)(C)C)nc4c3)c2[nH]1. The Bertz CT molecular complexity index is 1800. The molecule has 4 N–H and O–H groups in total. The number of likely N-dealkylation sites (tertiary alicyclic amines) is 1. The summed E-state index contributed by atoms with van der Waals surface area (Å²) in [4.78, 5) is 68.6. The largest absolute Gasteiger partial charge is 0.444 e. The predicted molar refractivity (Wildman–Crippen MR) is 172 cm³/mol. The number of amides is 3. The van der Waals surface area contributed by atoms with Crippen molar-refractivity contribution in [1.29, 1.82) is 0 Å². The molecule has 244 valence electrons. The second-order valence-corrected chi connectivity index (χ2v) is 13.5. The maximum Gasteiger partial charge on any atom is 0.410 e. The number of hydrogen-bond acceptors (Lipinski definition) is 8. The van der Waals surface area contributed by atoms with Gasteiger partial charge >= 0.3 is 12.2 Å². The summed E-state index contributed by atoms with van der Waals surface area (Å²) in [6.07, 6.45) is 0.624. The average Bonchev–Trinajstić information content (AvgIpc) is 3.70. The van der Waals surface area contributed by atoms with Crippen LogP contribution in [0, 0.1) is 0 Å². The molecular formula is C33H41N7O6. The molecule has 13 heteroatoms. The molecule has 2 aromatic carbocycles. The van der Waals surface area contributed by atoms with Crippen molar-refractivity contribution in [3.8, 4) is 0 Å². The first-order valence-electron chi connectivity index (χ1n) is 15.4. The van der Waals surface area contributed by atoms with Crippen LogP contribution in [0.2, 0.25) is 0 Å². The van der Waals surface area contributed by atoms with E-state index in [1.165, 1.54) is 0 Å². The Morgan fingerprint density at radius 2 is 1.72 bits per heavy atom. The molecule has 3 heterocycles. The standard InChI is InChI=1S/C33H41N7O6/c1-18(35-30(43)45-32(2,3)4)27-37-22-11-8-10-20(26(22)39-27)29(42)34-17-25(41)19-13-14-21-23(16-19)38-28(36-21)24-12-9-15-40(24)31(44)46-33(5,6)7/h8,10-11,13-14,16,18,24H,9,12,15,17H2,1-7H3,(H,34,42)(H,35,43)(H,36,38)(H,37,39)/t18-,24-/m0/s1. The molecule has 3 amide bonds. The van der Waals surface area contributed by atoms with Gasteiger partial charge in [0.2, 0.25) is 0 Å². The lowest BCUT2D eigenvalue weighted by Gasteiger charge is -2.27. The molecule has 46 heavy (non-hydrogen) atoms. The smallest absolute Gasteiger partial charge is 0.410 e. The highest BCUT2D eigenvalue weighted by Gasteiger charge is 2.35. The fourth-order valence-corrected chi connectivity index (χ4v) is 5.30. The van der Waals surface area contributed by atoms with Crippen molar-refractivity contribution in [3.63, 3.8) is 0 Å². The number of alkyl carbamates (subject to hydrolysis) is 1. The van der Waals surface area contributed by atoms with Crippen LogP contribution in [0.3, 0.4) is 0 Å². The number of ether oxygens (including phenoxy) is 2. The van der Waals surface area contributed by atoms with Crippen molar-refractivity contribution < 1.29 is 28.7 Å². The summed E-state index contributed by atoms with van der Waals surface area (Å²) in [5.74, 6) is 0.354. The molecule has 0 bridgehead atoms. The van der Waals surface area contributed by atoms with Crippen LogP contribution in [-0.2, 0) is 9.47 Å². The quantitative estimate of drug-likeness (QED) is 0.188. The maximum atomic E-state index is 13.2. The van der Waals surface area contributed by atoms with E-state index in [0.29, 0.717) is 45.9 Å². The first-order valence-corrected chi connectivity index (χ1v) is 15.4. The molecule has 5 rings (SSSR count). The fraction of sp³-hybridized carbons (Fsp3) is 0.455. The van der Waals surface area contributed by atoms with E-state index in [1.807, 2.05) is 20.8 Å². The van der Waals surface area contributed by atoms with Crippen LogP contribution in [0.15, 0.2) is 36.4 Å². The van der Waals surface area contributed by atoms with Gasteiger partial charge in [-0.3, -0.25) is 14.5 Å². The molecule has 1 saturated heterocycles. The van der Waals surface area contributed by atoms with Crippen LogP contribution in [0.4, 0.5) is 9.59 Å². The van der Waals surface area contributed by atoms with Gasteiger partial charge in [-0.25, -0.2) is 19.6 Å².